The van der Waals surface area contributed by atoms with E-state index in [4.69, 9.17) is 18.5 Å². The number of esters is 1. The average molecular weight is 716 g/mol. The molecular formula is C40H78NO7P. The first-order valence-electron chi connectivity index (χ1n) is 20.1. The molecule has 0 amide bonds. The predicted octanol–water partition coefficient (Wildman–Crippen LogP) is 10.6. The van der Waals surface area contributed by atoms with Gasteiger partial charge >= 0.3 is 5.97 Å². The summed E-state index contributed by atoms with van der Waals surface area (Å²) in [6.45, 7) is 5.34. The number of unbranched alkanes of at least 4 members (excludes halogenated alkanes) is 19. The van der Waals surface area contributed by atoms with Gasteiger partial charge in [0.1, 0.15) is 19.3 Å². The Morgan fingerprint density at radius 1 is 0.633 bits per heavy atom. The molecule has 0 aromatic carbocycles. The van der Waals surface area contributed by atoms with Crippen LogP contribution in [0.1, 0.15) is 168 Å². The minimum Gasteiger partial charge on any atom is -0.756 e. The van der Waals surface area contributed by atoms with Crippen LogP contribution in [0.2, 0.25) is 0 Å². The van der Waals surface area contributed by atoms with Crippen LogP contribution in [0.15, 0.2) is 24.3 Å². The van der Waals surface area contributed by atoms with Gasteiger partial charge in [0, 0.05) is 13.0 Å². The van der Waals surface area contributed by atoms with Crippen molar-refractivity contribution in [3.8, 4) is 0 Å². The molecule has 0 aliphatic carbocycles. The van der Waals surface area contributed by atoms with Crippen LogP contribution >= 0.6 is 7.82 Å². The number of hydrogen-bond donors (Lipinski definition) is 0. The van der Waals surface area contributed by atoms with Crippen LogP contribution in [0, 0.1) is 0 Å². The maximum absolute atomic E-state index is 12.6. The highest BCUT2D eigenvalue weighted by atomic mass is 31.2. The number of likely N-dealkylation sites (N-methyl/N-ethyl adjacent to an activating group) is 1. The Labute approximate surface area is 303 Å². The van der Waals surface area contributed by atoms with Crippen molar-refractivity contribution in [3.05, 3.63) is 24.3 Å². The summed E-state index contributed by atoms with van der Waals surface area (Å²) in [5, 5.41) is 0. The van der Waals surface area contributed by atoms with Crippen LogP contribution in [0.3, 0.4) is 0 Å². The Kier molecular flexibility index (Phi) is 33.4. The van der Waals surface area contributed by atoms with Gasteiger partial charge in [-0.1, -0.05) is 147 Å². The number of phosphoric acid groups is 1. The second kappa shape index (κ2) is 34.1. The molecule has 0 rings (SSSR count). The molecule has 0 aliphatic heterocycles. The molecule has 2 unspecified atom stereocenters. The van der Waals surface area contributed by atoms with E-state index < -0.39 is 13.9 Å². The molecule has 0 aromatic heterocycles. The van der Waals surface area contributed by atoms with E-state index in [0.717, 1.165) is 64.2 Å². The summed E-state index contributed by atoms with van der Waals surface area (Å²) in [6.07, 6.45) is 36.1. The first-order valence-corrected chi connectivity index (χ1v) is 21.5. The molecule has 0 saturated heterocycles. The zero-order valence-electron chi connectivity index (χ0n) is 32.6. The van der Waals surface area contributed by atoms with Gasteiger partial charge in [-0.05, 0) is 38.5 Å². The molecule has 0 spiro atoms. The number of carbonyl (C=O) groups excluding carboxylic acids is 1. The number of ether oxygens (including phenoxy) is 2. The van der Waals surface area contributed by atoms with Crippen molar-refractivity contribution in [1.29, 1.82) is 0 Å². The van der Waals surface area contributed by atoms with Crippen LogP contribution in [-0.2, 0) is 27.9 Å². The summed E-state index contributed by atoms with van der Waals surface area (Å²) >= 11 is 0. The van der Waals surface area contributed by atoms with E-state index >= 15 is 0 Å². The number of rotatable bonds is 37. The van der Waals surface area contributed by atoms with Crippen LogP contribution < -0.4 is 4.89 Å². The lowest BCUT2D eigenvalue weighted by Crippen LogP contribution is -2.37. The van der Waals surface area contributed by atoms with Crippen molar-refractivity contribution in [2.24, 2.45) is 0 Å². The van der Waals surface area contributed by atoms with Gasteiger partial charge in [0.2, 0.25) is 0 Å². The number of quaternary nitrogens is 1. The highest BCUT2D eigenvalue weighted by Crippen LogP contribution is 2.38. The van der Waals surface area contributed by atoms with E-state index in [9.17, 15) is 14.3 Å². The Bertz CT molecular complexity index is 843. The van der Waals surface area contributed by atoms with Crippen LogP contribution in [0.4, 0.5) is 0 Å². The van der Waals surface area contributed by atoms with Crippen molar-refractivity contribution in [1.82, 2.24) is 0 Å². The maximum Gasteiger partial charge on any atom is 0.306 e. The normalized spacial score (nSPS) is 14.2. The molecule has 290 valence electrons. The smallest absolute Gasteiger partial charge is 0.306 e. The van der Waals surface area contributed by atoms with E-state index in [1.165, 1.54) is 83.5 Å². The lowest BCUT2D eigenvalue weighted by atomic mass is 10.0. The third-order valence-electron chi connectivity index (χ3n) is 8.49. The fourth-order valence-corrected chi connectivity index (χ4v) is 6.08. The van der Waals surface area contributed by atoms with Gasteiger partial charge in [0.05, 0.1) is 34.4 Å². The molecule has 49 heavy (non-hydrogen) atoms. The number of phosphoric ester groups is 1. The predicted molar refractivity (Wildman–Crippen MR) is 204 cm³/mol. The summed E-state index contributed by atoms with van der Waals surface area (Å²) in [7, 11) is 1.35. The minimum absolute atomic E-state index is 0.0248. The largest absolute Gasteiger partial charge is 0.756 e. The molecule has 0 N–H and O–H groups in total. The number of carbonyl (C=O) groups is 1. The SMILES string of the molecule is CCC/C=C\C/C=C\CCCCCCCC(=O)OC(COCCCCCCCCCCCCCCCC)COP(=O)([O-])OCC[N+](C)(C)C. The number of nitrogens with zero attached hydrogens (tertiary/aromatic N) is 1. The van der Waals surface area contributed by atoms with Gasteiger partial charge in [-0.2, -0.15) is 0 Å². The Hall–Kier alpha value is -1.02. The molecule has 0 aromatic rings. The van der Waals surface area contributed by atoms with Crippen molar-refractivity contribution in [2.45, 2.75) is 174 Å². The Balaban J connectivity index is 4.29. The molecule has 0 bridgehead atoms. The first kappa shape index (κ1) is 48.0. The monoisotopic (exact) mass is 716 g/mol. The molecule has 0 saturated carbocycles. The average Bonchev–Trinajstić information content (AvgIpc) is 3.04. The van der Waals surface area contributed by atoms with Gasteiger partial charge in [0.25, 0.3) is 7.82 Å². The summed E-state index contributed by atoms with van der Waals surface area (Å²) in [6, 6.07) is 0. The van der Waals surface area contributed by atoms with E-state index in [2.05, 4.69) is 38.2 Å². The third-order valence-corrected chi connectivity index (χ3v) is 9.45. The first-order chi connectivity index (χ1) is 23.6. The van der Waals surface area contributed by atoms with E-state index in [-0.39, 0.29) is 25.8 Å². The topological polar surface area (TPSA) is 94.1 Å². The number of allylic oxidation sites excluding steroid dienone is 4. The van der Waals surface area contributed by atoms with Gasteiger partial charge in [0.15, 0.2) is 0 Å². The Morgan fingerprint density at radius 3 is 1.73 bits per heavy atom. The minimum atomic E-state index is -4.52. The second-order valence-electron chi connectivity index (χ2n) is 14.6. The maximum atomic E-state index is 12.6. The van der Waals surface area contributed by atoms with Crippen LogP contribution in [0.25, 0.3) is 0 Å². The zero-order chi connectivity index (χ0) is 36.3. The molecular weight excluding hydrogens is 637 g/mol. The van der Waals surface area contributed by atoms with Gasteiger partial charge in [-0.25, -0.2) is 0 Å². The highest BCUT2D eigenvalue weighted by Gasteiger charge is 2.20. The molecule has 0 aliphatic rings. The second-order valence-corrected chi connectivity index (χ2v) is 16.1. The quantitative estimate of drug-likeness (QED) is 0.0208. The van der Waals surface area contributed by atoms with Crippen molar-refractivity contribution >= 4 is 13.8 Å². The molecule has 8 nitrogen and oxygen atoms in total. The van der Waals surface area contributed by atoms with E-state index in [1.807, 2.05) is 21.1 Å². The molecule has 2 atom stereocenters. The lowest BCUT2D eigenvalue weighted by molar-refractivity contribution is -0.870. The van der Waals surface area contributed by atoms with E-state index in [1.54, 1.807) is 0 Å². The fourth-order valence-electron chi connectivity index (χ4n) is 5.35. The van der Waals surface area contributed by atoms with Crippen molar-refractivity contribution in [2.75, 3.05) is 54.1 Å². The number of hydrogen-bond acceptors (Lipinski definition) is 7. The van der Waals surface area contributed by atoms with Crippen molar-refractivity contribution in [3.63, 3.8) is 0 Å². The Morgan fingerprint density at radius 2 is 1.16 bits per heavy atom. The highest BCUT2D eigenvalue weighted by molar-refractivity contribution is 7.45. The van der Waals surface area contributed by atoms with Crippen molar-refractivity contribution < 1.29 is 37.3 Å². The molecule has 0 fully saturated rings. The zero-order valence-corrected chi connectivity index (χ0v) is 33.5. The molecule has 0 heterocycles. The summed E-state index contributed by atoms with van der Waals surface area (Å²) in [5.74, 6) is -0.348. The third kappa shape index (κ3) is 38.1. The molecule has 0 radical (unpaired) electrons. The lowest BCUT2D eigenvalue weighted by Gasteiger charge is -2.28. The van der Waals surface area contributed by atoms with E-state index in [0.29, 0.717) is 24.1 Å². The van der Waals surface area contributed by atoms with Crippen LogP contribution in [-0.4, -0.2) is 70.7 Å². The summed E-state index contributed by atoms with van der Waals surface area (Å²) < 4.78 is 34.5. The van der Waals surface area contributed by atoms with Gasteiger partial charge in [-0.15, -0.1) is 0 Å². The van der Waals surface area contributed by atoms with Gasteiger partial charge in [-0.3, -0.25) is 9.36 Å². The molecule has 9 heteroatoms. The summed E-state index contributed by atoms with van der Waals surface area (Å²) in [5.41, 5.74) is 0. The van der Waals surface area contributed by atoms with Gasteiger partial charge < -0.3 is 27.9 Å². The standard InChI is InChI=1S/C40H78NO7P/c1-6-8-10-12-14-16-18-20-22-24-26-28-30-32-35-45-37-39(38-47-49(43,44)46-36-34-41(3,4)5)48-40(42)33-31-29-27-25-23-21-19-17-15-13-11-9-7-2/h11,13,17,19,39H,6-10,12,14-16,18,20-38H2,1-5H3/b13-11-,19-17-. The van der Waals surface area contributed by atoms with Crippen LogP contribution in [0.5, 0.6) is 0 Å². The summed E-state index contributed by atoms with van der Waals surface area (Å²) in [4.78, 5) is 24.9. The fraction of sp³-hybridized carbons (Fsp3) is 0.875.